The van der Waals surface area contributed by atoms with Crippen LogP contribution >= 0.6 is 0 Å². The van der Waals surface area contributed by atoms with Gasteiger partial charge in [0.1, 0.15) is 0 Å². The van der Waals surface area contributed by atoms with E-state index in [0.717, 1.165) is 25.7 Å². The largest absolute Gasteiger partial charge is 0.374 e. The lowest BCUT2D eigenvalue weighted by molar-refractivity contribution is -0.0139. The molecule has 4 rings (SSSR count). The zero-order valence-electron chi connectivity index (χ0n) is 13.3. The van der Waals surface area contributed by atoms with Crippen LogP contribution in [0.4, 0.5) is 4.79 Å². The monoisotopic (exact) mass is 316 g/mol. The number of urea groups is 1. The summed E-state index contributed by atoms with van der Waals surface area (Å²) >= 11 is 0. The SMILES string of the molecule is O=C(N[C@H]1C[C@H]2CC[C@H]1O2)N1CCO[C@H](Cc2ccccc2)C1. The molecule has 3 heterocycles. The number of nitrogens with one attached hydrogen (secondary N) is 1. The van der Waals surface area contributed by atoms with Crippen molar-refractivity contribution in [2.75, 3.05) is 19.7 Å². The molecule has 124 valence electrons. The molecular formula is C18H24N2O3. The van der Waals surface area contributed by atoms with Crippen molar-refractivity contribution in [1.29, 1.82) is 0 Å². The van der Waals surface area contributed by atoms with Crippen LogP contribution in [-0.2, 0) is 15.9 Å². The molecule has 5 heteroatoms. The normalized spacial score (nSPS) is 33.0. The van der Waals surface area contributed by atoms with E-state index < -0.39 is 0 Å². The standard InChI is InChI=1S/C18H24N2O3/c21-18(19-16-11-14-6-7-17(16)23-14)20-8-9-22-15(12-20)10-13-4-2-1-3-5-13/h1-5,14-17H,6-12H2,(H,19,21)/t14-,15-,16+,17-/m1/s1. The van der Waals surface area contributed by atoms with Crippen LogP contribution in [0.2, 0.25) is 0 Å². The second-order valence-corrected chi connectivity index (χ2v) is 6.79. The van der Waals surface area contributed by atoms with Gasteiger partial charge in [0.25, 0.3) is 0 Å². The Morgan fingerprint density at radius 2 is 2.13 bits per heavy atom. The first kappa shape index (κ1) is 15.0. The summed E-state index contributed by atoms with van der Waals surface area (Å²) in [7, 11) is 0. The maximum atomic E-state index is 12.5. The van der Waals surface area contributed by atoms with Crippen LogP contribution in [0.25, 0.3) is 0 Å². The average molecular weight is 316 g/mol. The molecule has 3 saturated heterocycles. The quantitative estimate of drug-likeness (QED) is 0.927. The van der Waals surface area contributed by atoms with Crippen molar-refractivity contribution in [3.05, 3.63) is 35.9 Å². The fourth-order valence-electron chi connectivity index (χ4n) is 3.94. The zero-order chi connectivity index (χ0) is 15.6. The molecule has 2 amide bonds. The topological polar surface area (TPSA) is 50.8 Å². The fourth-order valence-corrected chi connectivity index (χ4v) is 3.94. The van der Waals surface area contributed by atoms with Crippen molar-refractivity contribution < 1.29 is 14.3 Å². The molecule has 23 heavy (non-hydrogen) atoms. The summed E-state index contributed by atoms with van der Waals surface area (Å²) in [5, 5.41) is 3.17. The Balaban J connectivity index is 1.31. The highest BCUT2D eigenvalue weighted by Crippen LogP contribution is 2.34. The molecule has 5 nitrogen and oxygen atoms in total. The number of carbonyl (C=O) groups excluding carboxylic acids is 1. The van der Waals surface area contributed by atoms with Crippen LogP contribution in [0.3, 0.4) is 0 Å². The number of ether oxygens (including phenoxy) is 2. The second kappa shape index (κ2) is 6.49. The van der Waals surface area contributed by atoms with Gasteiger partial charge in [-0.3, -0.25) is 0 Å². The lowest BCUT2D eigenvalue weighted by Crippen LogP contribution is -2.53. The molecule has 0 aliphatic carbocycles. The first-order valence-corrected chi connectivity index (χ1v) is 8.64. The van der Waals surface area contributed by atoms with Gasteiger partial charge in [-0.2, -0.15) is 0 Å². The minimum atomic E-state index is 0.0347. The number of carbonyl (C=O) groups is 1. The van der Waals surface area contributed by atoms with Crippen LogP contribution in [-0.4, -0.2) is 55.0 Å². The number of morpholine rings is 1. The highest BCUT2D eigenvalue weighted by molar-refractivity contribution is 5.74. The van der Waals surface area contributed by atoms with E-state index in [1.807, 2.05) is 23.1 Å². The van der Waals surface area contributed by atoms with E-state index in [4.69, 9.17) is 9.47 Å². The molecule has 0 radical (unpaired) electrons. The Morgan fingerprint density at radius 1 is 1.26 bits per heavy atom. The minimum Gasteiger partial charge on any atom is -0.374 e. The van der Waals surface area contributed by atoms with Crippen LogP contribution in [0.5, 0.6) is 0 Å². The molecule has 0 aromatic heterocycles. The third-order valence-electron chi connectivity index (χ3n) is 5.15. The van der Waals surface area contributed by atoms with E-state index in [0.29, 0.717) is 25.8 Å². The Bertz CT molecular complexity index is 550. The van der Waals surface area contributed by atoms with Gasteiger partial charge in [-0.1, -0.05) is 30.3 Å². The molecule has 0 saturated carbocycles. The van der Waals surface area contributed by atoms with E-state index in [1.54, 1.807) is 0 Å². The van der Waals surface area contributed by atoms with E-state index in [9.17, 15) is 4.79 Å². The van der Waals surface area contributed by atoms with Gasteiger partial charge >= 0.3 is 6.03 Å². The summed E-state index contributed by atoms with van der Waals surface area (Å²) in [6.45, 7) is 1.93. The smallest absolute Gasteiger partial charge is 0.317 e. The van der Waals surface area contributed by atoms with E-state index in [2.05, 4.69) is 17.4 Å². The first-order chi connectivity index (χ1) is 11.3. The van der Waals surface area contributed by atoms with Gasteiger partial charge in [-0.25, -0.2) is 4.79 Å². The number of hydrogen-bond donors (Lipinski definition) is 1. The van der Waals surface area contributed by atoms with Crippen molar-refractivity contribution in [3.8, 4) is 0 Å². The van der Waals surface area contributed by atoms with Gasteiger partial charge in [-0.15, -0.1) is 0 Å². The molecule has 1 aromatic rings. The van der Waals surface area contributed by atoms with Crippen molar-refractivity contribution in [3.63, 3.8) is 0 Å². The fraction of sp³-hybridized carbons (Fsp3) is 0.611. The van der Waals surface area contributed by atoms with Crippen molar-refractivity contribution in [1.82, 2.24) is 10.2 Å². The summed E-state index contributed by atoms with van der Waals surface area (Å²) in [6.07, 6.45) is 4.71. The van der Waals surface area contributed by atoms with Crippen molar-refractivity contribution in [2.24, 2.45) is 0 Å². The summed E-state index contributed by atoms with van der Waals surface area (Å²) in [6, 6.07) is 10.5. The molecule has 3 fully saturated rings. The molecule has 3 aliphatic rings. The third kappa shape index (κ3) is 3.35. The van der Waals surface area contributed by atoms with E-state index in [-0.39, 0.29) is 24.3 Å². The van der Waals surface area contributed by atoms with Gasteiger partial charge < -0.3 is 19.7 Å². The predicted octanol–water partition coefficient (Wildman–Crippen LogP) is 1.96. The molecule has 2 bridgehead atoms. The maximum absolute atomic E-state index is 12.5. The number of rotatable bonds is 3. The predicted molar refractivity (Wildman–Crippen MR) is 86.3 cm³/mol. The van der Waals surface area contributed by atoms with Crippen LogP contribution < -0.4 is 5.32 Å². The highest BCUT2D eigenvalue weighted by atomic mass is 16.5. The highest BCUT2D eigenvalue weighted by Gasteiger charge is 2.42. The summed E-state index contributed by atoms with van der Waals surface area (Å²) in [4.78, 5) is 14.4. The van der Waals surface area contributed by atoms with Crippen LogP contribution in [0, 0.1) is 0 Å². The van der Waals surface area contributed by atoms with E-state index in [1.165, 1.54) is 5.56 Å². The van der Waals surface area contributed by atoms with Gasteiger partial charge in [0.05, 0.1) is 31.0 Å². The Hall–Kier alpha value is -1.59. The molecule has 1 aromatic carbocycles. The number of fused-ring (bicyclic) bond motifs is 2. The number of hydrogen-bond acceptors (Lipinski definition) is 3. The minimum absolute atomic E-state index is 0.0347. The summed E-state index contributed by atoms with van der Waals surface area (Å²) in [5.41, 5.74) is 1.25. The number of benzene rings is 1. The molecule has 1 N–H and O–H groups in total. The Morgan fingerprint density at radius 3 is 2.87 bits per heavy atom. The summed E-state index contributed by atoms with van der Waals surface area (Å²) < 4.78 is 11.7. The zero-order valence-corrected chi connectivity index (χ0v) is 13.3. The molecule has 0 spiro atoms. The van der Waals surface area contributed by atoms with Crippen LogP contribution in [0.15, 0.2) is 30.3 Å². The van der Waals surface area contributed by atoms with Crippen molar-refractivity contribution in [2.45, 2.75) is 50.0 Å². The third-order valence-corrected chi connectivity index (χ3v) is 5.15. The molecule has 0 unspecified atom stereocenters. The maximum Gasteiger partial charge on any atom is 0.317 e. The van der Waals surface area contributed by atoms with Crippen LogP contribution in [0.1, 0.15) is 24.8 Å². The molecule has 4 atom stereocenters. The second-order valence-electron chi connectivity index (χ2n) is 6.79. The first-order valence-electron chi connectivity index (χ1n) is 8.64. The van der Waals surface area contributed by atoms with E-state index >= 15 is 0 Å². The number of amides is 2. The van der Waals surface area contributed by atoms with Gasteiger partial charge in [-0.05, 0) is 24.8 Å². The Labute approximate surface area is 136 Å². The lowest BCUT2D eigenvalue weighted by atomic mass is 9.96. The molecule has 3 aliphatic heterocycles. The average Bonchev–Trinajstić information content (AvgIpc) is 3.19. The van der Waals surface area contributed by atoms with Gasteiger partial charge in [0.15, 0.2) is 0 Å². The summed E-state index contributed by atoms with van der Waals surface area (Å²) in [5.74, 6) is 0. The number of nitrogens with zero attached hydrogens (tertiary/aromatic N) is 1. The Kier molecular flexibility index (Phi) is 4.23. The molecular weight excluding hydrogens is 292 g/mol. The van der Waals surface area contributed by atoms with Crippen molar-refractivity contribution >= 4 is 6.03 Å². The van der Waals surface area contributed by atoms with Gasteiger partial charge in [0.2, 0.25) is 0 Å². The van der Waals surface area contributed by atoms with Gasteiger partial charge in [0, 0.05) is 19.5 Å². The lowest BCUT2D eigenvalue weighted by Gasteiger charge is -2.34.